The minimum absolute atomic E-state index is 0.0202. The van der Waals surface area contributed by atoms with Crippen LogP contribution in [-0.2, 0) is 6.61 Å². The average molecular weight is 351 g/mol. The molecule has 3 heteroatoms. The summed E-state index contributed by atoms with van der Waals surface area (Å²) in [5.74, 6) is 0.688. The number of hydrogen-bond acceptors (Lipinski definition) is 3. The molecule has 0 saturated carbocycles. The Morgan fingerprint density at radius 3 is 2.77 bits per heavy atom. The van der Waals surface area contributed by atoms with Crippen molar-refractivity contribution < 1.29 is 5.11 Å². The van der Waals surface area contributed by atoms with Crippen molar-refractivity contribution in [2.45, 2.75) is 65.5 Å². The molecule has 0 spiro atoms. The monoisotopic (exact) mass is 350 g/mol. The van der Waals surface area contributed by atoms with E-state index in [9.17, 15) is 5.11 Å². The van der Waals surface area contributed by atoms with Gasteiger partial charge in [-0.05, 0) is 87.1 Å². The van der Waals surface area contributed by atoms with E-state index in [4.69, 9.17) is 5.41 Å². The molecular weight excluding hydrogens is 320 g/mol. The molecule has 2 unspecified atom stereocenters. The highest BCUT2D eigenvalue weighted by atomic mass is 16.3. The Bertz CT molecular complexity index is 786. The van der Waals surface area contributed by atoms with E-state index < -0.39 is 0 Å². The number of nitrogens with one attached hydrogen (secondary N) is 1. The lowest BCUT2D eigenvalue weighted by atomic mass is 9.84. The topological polar surface area (TPSA) is 56.4 Å². The van der Waals surface area contributed by atoms with E-state index in [1.807, 2.05) is 12.3 Å². The van der Waals surface area contributed by atoms with Crippen molar-refractivity contribution in [2.75, 3.05) is 0 Å². The maximum Gasteiger partial charge on any atom is 0.0688 e. The molecule has 1 aromatic carbocycles. The van der Waals surface area contributed by atoms with Gasteiger partial charge in [-0.15, -0.1) is 0 Å². The predicted molar refractivity (Wildman–Crippen MR) is 110 cm³/mol. The van der Waals surface area contributed by atoms with Crippen LogP contribution in [0.15, 0.2) is 34.9 Å². The largest absolute Gasteiger partial charge is 0.392 e. The zero-order chi connectivity index (χ0) is 18.7. The molecule has 3 rings (SSSR count). The van der Waals surface area contributed by atoms with E-state index in [1.165, 1.54) is 24.8 Å². The lowest BCUT2D eigenvalue weighted by Crippen LogP contribution is -2.11. The van der Waals surface area contributed by atoms with Crippen LogP contribution in [0.4, 0.5) is 0 Å². The van der Waals surface area contributed by atoms with Crippen LogP contribution < -0.4 is 0 Å². The minimum atomic E-state index is -0.0202. The summed E-state index contributed by atoms with van der Waals surface area (Å²) in [5.41, 5.74) is 7.28. The third-order valence-electron chi connectivity index (χ3n) is 5.61. The highest BCUT2D eigenvalue weighted by Crippen LogP contribution is 2.30. The number of aliphatic imine (C=N–C) groups is 1. The Morgan fingerprint density at radius 2 is 2.12 bits per heavy atom. The molecule has 1 aromatic rings. The fourth-order valence-electron chi connectivity index (χ4n) is 4.13. The van der Waals surface area contributed by atoms with E-state index in [1.54, 1.807) is 0 Å². The van der Waals surface area contributed by atoms with Crippen molar-refractivity contribution in [1.29, 1.82) is 5.41 Å². The van der Waals surface area contributed by atoms with Crippen LogP contribution in [0.3, 0.4) is 0 Å². The Morgan fingerprint density at radius 1 is 1.31 bits per heavy atom. The van der Waals surface area contributed by atoms with Gasteiger partial charge < -0.3 is 10.5 Å². The summed E-state index contributed by atoms with van der Waals surface area (Å²) in [4.78, 5) is 4.43. The van der Waals surface area contributed by atoms with Gasteiger partial charge >= 0.3 is 0 Å². The Balaban J connectivity index is 1.79. The van der Waals surface area contributed by atoms with E-state index in [0.717, 1.165) is 40.7 Å². The molecule has 0 amide bonds. The molecule has 0 saturated heterocycles. The van der Waals surface area contributed by atoms with Gasteiger partial charge in [0.2, 0.25) is 0 Å². The highest BCUT2D eigenvalue weighted by Gasteiger charge is 2.18. The Hall–Kier alpha value is -2.00. The van der Waals surface area contributed by atoms with Crippen molar-refractivity contribution in [3.05, 3.63) is 52.1 Å². The fraction of sp³-hybridized carbons (Fsp3) is 0.478. The van der Waals surface area contributed by atoms with Crippen LogP contribution in [0.25, 0.3) is 5.57 Å². The molecule has 2 aliphatic rings. The van der Waals surface area contributed by atoms with E-state index in [2.05, 4.69) is 44.0 Å². The van der Waals surface area contributed by atoms with Gasteiger partial charge in [0, 0.05) is 17.5 Å². The third-order valence-corrected chi connectivity index (χ3v) is 5.61. The first-order valence-corrected chi connectivity index (χ1v) is 9.71. The van der Waals surface area contributed by atoms with Crippen LogP contribution in [-0.4, -0.2) is 23.1 Å². The third kappa shape index (κ3) is 4.21. The summed E-state index contributed by atoms with van der Waals surface area (Å²) in [5, 5.41) is 18.4. The number of rotatable bonds is 6. The number of allylic oxidation sites excluding steroid dienone is 3. The summed E-state index contributed by atoms with van der Waals surface area (Å²) in [6.45, 7) is 6.33. The summed E-state index contributed by atoms with van der Waals surface area (Å²) in [7, 11) is 0. The first-order chi connectivity index (χ1) is 12.5. The van der Waals surface area contributed by atoms with Crippen LogP contribution in [0.1, 0.15) is 68.2 Å². The van der Waals surface area contributed by atoms with Crippen LogP contribution in [0.2, 0.25) is 0 Å². The van der Waals surface area contributed by atoms with E-state index in [-0.39, 0.29) is 12.6 Å². The minimum Gasteiger partial charge on any atom is -0.392 e. The average Bonchev–Trinajstić information content (AvgIpc) is 3.05. The number of hydrogen-bond donors (Lipinski definition) is 2. The van der Waals surface area contributed by atoms with Gasteiger partial charge in [-0.3, -0.25) is 4.99 Å². The number of aliphatic hydroxyl groups excluding tert-OH is 1. The molecule has 26 heavy (non-hydrogen) atoms. The summed E-state index contributed by atoms with van der Waals surface area (Å²) in [6, 6.07) is 4.34. The SMILES string of the molecule is CC1=CCCC(CCC(=N)c2cc(C3=CC(C)N=C3)c(C)cc2CO)C1. The van der Waals surface area contributed by atoms with Crippen molar-refractivity contribution in [2.24, 2.45) is 10.9 Å². The van der Waals surface area contributed by atoms with Gasteiger partial charge in [-0.2, -0.15) is 0 Å². The maximum absolute atomic E-state index is 9.80. The van der Waals surface area contributed by atoms with Gasteiger partial charge in [0.15, 0.2) is 0 Å². The molecule has 0 fully saturated rings. The van der Waals surface area contributed by atoms with Crippen molar-refractivity contribution in [1.82, 2.24) is 0 Å². The lowest BCUT2D eigenvalue weighted by Gasteiger charge is -2.21. The molecule has 1 aliphatic carbocycles. The number of nitrogens with zero attached hydrogens (tertiary/aromatic N) is 1. The predicted octanol–water partition coefficient (Wildman–Crippen LogP) is 5.24. The zero-order valence-corrected chi connectivity index (χ0v) is 16.2. The molecule has 0 bridgehead atoms. The van der Waals surface area contributed by atoms with Crippen molar-refractivity contribution in [3.63, 3.8) is 0 Å². The number of aliphatic hydroxyl groups is 1. The highest BCUT2D eigenvalue weighted by molar-refractivity contribution is 6.13. The second kappa shape index (κ2) is 8.13. The van der Waals surface area contributed by atoms with Crippen molar-refractivity contribution in [3.8, 4) is 0 Å². The van der Waals surface area contributed by atoms with Gasteiger partial charge in [-0.25, -0.2) is 0 Å². The molecular formula is C23H30N2O. The summed E-state index contributed by atoms with van der Waals surface area (Å²) < 4.78 is 0. The van der Waals surface area contributed by atoms with Crippen LogP contribution >= 0.6 is 0 Å². The van der Waals surface area contributed by atoms with Gasteiger partial charge in [0.05, 0.1) is 12.6 Å². The van der Waals surface area contributed by atoms with Gasteiger partial charge in [0.25, 0.3) is 0 Å². The Kier molecular flexibility index (Phi) is 5.87. The zero-order valence-electron chi connectivity index (χ0n) is 16.2. The lowest BCUT2D eigenvalue weighted by molar-refractivity contribution is 0.281. The first kappa shape index (κ1) is 18.8. The van der Waals surface area contributed by atoms with Gasteiger partial charge in [-0.1, -0.05) is 23.8 Å². The normalized spacial score (nSPS) is 22.3. The van der Waals surface area contributed by atoms with E-state index >= 15 is 0 Å². The summed E-state index contributed by atoms with van der Waals surface area (Å²) in [6.07, 6.45) is 11.8. The maximum atomic E-state index is 9.80. The van der Waals surface area contributed by atoms with E-state index in [0.29, 0.717) is 11.6 Å². The van der Waals surface area contributed by atoms with Crippen LogP contribution in [0, 0.1) is 18.3 Å². The number of benzene rings is 1. The molecule has 2 N–H and O–H groups in total. The molecule has 0 aromatic heterocycles. The second-order valence-corrected chi connectivity index (χ2v) is 7.84. The molecule has 0 radical (unpaired) electrons. The fourth-order valence-corrected chi connectivity index (χ4v) is 4.13. The summed E-state index contributed by atoms with van der Waals surface area (Å²) >= 11 is 0. The standard InChI is InChI=1S/C23H30N2O/c1-15-5-4-6-18(9-15)7-8-23(24)22-12-21(16(2)10-20(22)14-26)19-11-17(3)25-13-19/h5,10-13,17-18,24,26H,4,6-9,14H2,1-3H3. The molecule has 138 valence electrons. The Labute approximate surface area is 157 Å². The molecule has 1 aliphatic heterocycles. The quantitative estimate of drug-likeness (QED) is 0.535. The van der Waals surface area contributed by atoms with Crippen molar-refractivity contribution >= 4 is 17.5 Å². The molecule has 1 heterocycles. The smallest absolute Gasteiger partial charge is 0.0688 e. The molecule has 2 atom stereocenters. The molecule has 3 nitrogen and oxygen atoms in total. The second-order valence-electron chi connectivity index (χ2n) is 7.84. The first-order valence-electron chi connectivity index (χ1n) is 9.71. The van der Waals surface area contributed by atoms with Gasteiger partial charge in [0.1, 0.15) is 0 Å². The number of aryl methyl sites for hydroxylation is 1. The van der Waals surface area contributed by atoms with Crippen LogP contribution in [0.5, 0.6) is 0 Å².